The van der Waals surface area contributed by atoms with Crippen LogP contribution in [0.4, 0.5) is 0 Å². The van der Waals surface area contributed by atoms with Gasteiger partial charge in [-0.3, -0.25) is 4.79 Å². The number of aryl methyl sites for hydroxylation is 1. The minimum atomic E-state index is -0.223. The van der Waals surface area contributed by atoms with Gasteiger partial charge in [-0.05, 0) is 60.7 Å². The van der Waals surface area contributed by atoms with Gasteiger partial charge in [0.25, 0.3) is 0 Å². The number of rotatable bonds is 8. The number of nitrogens with zero attached hydrogens (tertiary/aromatic N) is 4. The fourth-order valence-electron chi connectivity index (χ4n) is 2.36. The maximum atomic E-state index is 12.1. The Morgan fingerprint density at radius 1 is 1.38 bits per heavy atom. The summed E-state index contributed by atoms with van der Waals surface area (Å²) in [6.07, 6.45) is 5.65. The fourth-order valence-corrected chi connectivity index (χ4v) is 3.17. The first-order chi connectivity index (χ1) is 11.7. The van der Waals surface area contributed by atoms with E-state index in [1.165, 1.54) is 30.2 Å². The molecule has 0 bridgehead atoms. The van der Waals surface area contributed by atoms with Crippen molar-refractivity contribution >= 4 is 17.7 Å². The van der Waals surface area contributed by atoms with E-state index in [1.807, 2.05) is 19.1 Å². The molecule has 6 nitrogen and oxygen atoms in total. The van der Waals surface area contributed by atoms with Gasteiger partial charge in [0.05, 0.1) is 10.9 Å². The predicted molar refractivity (Wildman–Crippen MR) is 94.2 cm³/mol. The highest BCUT2D eigenvalue weighted by molar-refractivity contribution is 8.00. The van der Waals surface area contributed by atoms with E-state index in [-0.39, 0.29) is 11.2 Å². The number of carbonyl (C=O) groups is 1. The first kappa shape index (κ1) is 17.0. The van der Waals surface area contributed by atoms with Crippen LogP contribution in [-0.4, -0.2) is 37.4 Å². The van der Waals surface area contributed by atoms with E-state index in [9.17, 15) is 4.79 Å². The third kappa shape index (κ3) is 4.35. The number of thioether (sulfide) groups is 1. The number of unbranched alkanes of at least 4 members (excludes halogenated alkanes) is 1. The third-order valence-corrected chi connectivity index (χ3v) is 5.05. The number of hydrogen-bond donors (Lipinski definition) is 1. The number of amides is 1. The molecule has 0 unspecified atom stereocenters. The number of aromatic nitrogens is 4. The largest absolute Gasteiger partial charge is 0.352 e. The van der Waals surface area contributed by atoms with E-state index in [0.717, 1.165) is 24.9 Å². The number of nitrogens with one attached hydrogen (secondary N) is 1. The first-order valence-corrected chi connectivity index (χ1v) is 9.40. The van der Waals surface area contributed by atoms with Crippen molar-refractivity contribution in [2.75, 3.05) is 0 Å². The van der Waals surface area contributed by atoms with Crippen LogP contribution in [0.3, 0.4) is 0 Å². The number of benzene rings is 1. The second kappa shape index (κ2) is 7.79. The molecule has 0 spiro atoms. The average molecular weight is 345 g/mol. The third-order valence-electron chi connectivity index (χ3n) is 4.02. The Kier molecular flexibility index (Phi) is 5.50. The summed E-state index contributed by atoms with van der Waals surface area (Å²) in [5.41, 5.74) is 2.23. The van der Waals surface area contributed by atoms with Gasteiger partial charge in [-0.15, -0.1) is 5.10 Å². The van der Waals surface area contributed by atoms with Crippen molar-refractivity contribution in [3.05, 3.63) is 29.8 Å². The topological polar surface area (TPSA) is 72.7 Å². The lowest BCUT2D eigenvalue weighted by Crippen LogP contribution is -2.32. The van der Waals surface area contributed by atoms with Gasteiger partial charge < -0.3 is 5.32 Å². The van der Waals surface area contributed by atoms with Gasteiger partial charge in [-0.1, -0.05) is 37.2 Å². The summed E-state index contributed by atoms with van der Waals surface area (Å²) >= 11 is 1.38. The Balaban J connectivity index is 1.66. The van der Waals surface area contributed by atoms with Crippen LogP contribution in [0.2, 0.25) is 0 Å². The summed E-state index contributed by atoms with van der Waals surface area (Å²) in [6, 6.07) is 8.65. The lowest BCUT2D eigenvalue weighted by atomic mass is 10.1. The molecule has 1 aliphatic rings. The summed E-state index contributed by atoms with van der Waals surface area (Å²) in [4.78, 5) is 12.1. The summed E-state index contributed by atoms with van der Waals surface area (Å²) in [5.74, 6) is 0.0481. The molecule has 1 aromatic heterocycles. The number of hydrogen-bond acceptors (Lipinski definition) is 5. The highest BCUT2D eigenvalue weighted by atomic mass is 32.2. The monoisotopic (exact) mass is 345 g/mol. The van der Waals surface area contributed by atoms with Crippen molar-refractivity contribution in [2.45, 2.75) is 62.4 Å². The molecule has 1 atom stereocenters. The van der Waals surface area contributed by atoms with Crippen molar-refractivity contribution in [3.63, 3.8) is 0 Å². The van der Waals surface area contributed by atoms with Crippen LogP contribution >= 0.6 is 11.8 Å². The second-order valence-electron chi connectivity index (χ2n) is 6.19. The average Bonchev–Trinajstić information content (AvgIpc) is 3.29. The Morgan fingerprint density at radius 3 is 2.79 bits per heavy atom. The lowest BCUT2D eigenvalue weighted by Gasteiger charge is -2.11. The maximum Gasteiger partial charge on any atom is 0.233 e. The van der Waals surface area contributed by atoms with Crippen molar-refractivity contribution in [2.24, 2.45) is 0 Å². The van der Waals surface area contributed by atoms with E-state index in [1.54, 1.807) is 4.68 Å². The number of carbonyl (C=O) groups excluding carboxylic acids is 1. The highest BCUT2D eigenvalue weighted by Gasteiger charge is 2.27. The summed E-state index contributed by atoms with van der Waals surface area (Å²) < 4.78 is 1.69. The molecular weight excluding hydrogens is 322 g/mol. The van der Waals surface area contributed by atoms with E-state index in [2.05, 4.69) is 39.9 Å². The molecule has 0 aliphatic heterocycles. The van der Waals surface area contributed by atoms with Crippen molar-refractivity contribution < 1.29 is 4.79 Å². The van der Waals surface area contributed by atoms with Gasteiger partial charge in [0.15, 0.2) is 0 Å². The molecule has 0 saturated heterocycles. The molecule has 0 radical (unpaired) electrons. The van der Waals surface area contributed by atoms with E-state index >= 15 is 0 Å². The van der Waals surface area contributed by atoms with Gasteiger partial charge in [0.1, 0.15) is 0 Å². The van der Waals surface area contributed by atoms with Gasteiger partial charge >= 0.3 is 0 Å². The molecule has 1 saturated carbocycles. The van der Waals surface area contributed by atoms with Gasteiger partial charge in [-0.25, -0.2) is 0 Å². The predicted octanol–water partition coefficient (Wildman–Crippen LogP) is 2.76. The lowest BCUT2D eigenvalue weighted by molar-refractivity contribution is -0.120. The van der Waals surface area contributed by atoms with E-state index in [4.69, 9.17) is 0 Å². The molecule has 3 rings (SSSR count). The van der Waals surface area contributed by atoms with Crippen LogP contribution in [0.5, 0.6) is 0 Å². The van der Waals surface area contributed by atoms with Crippen LogP contribution in [0.1, 0.15) is 45.1 Å². The SMILES string of the molecule is CCCCc1ccc(-n2nnnc2S[C@H](C)C(=O)NC2CC2)cc1. The number of tetrazole rings is 1. The Labute approximate surface area is 146 Å². The van der Waals surface area contributed by atoms with Crippen molar-refractivity contribution in [1.29, 1.82) is 0 Å². The summed E-state index contributed by atoms with van der Waals surface area (Å²) in [6.45, 7) is 4.08. The van der Waals surface area contributed by atoms with Gasteiger partial charge in [-0.2, -0.15) is 4.68 Å². The van der Waals surface area contributed by atoms with Crippen LogP contribution in [0, 0.1) is 0 Å². The minimum absolute atomic E-state index is 0.0481. The zero-order valence-electron chi connectivity index (χ0n) is 14.1. The molecule has 128 valence electrons. The van der Waals surface area contributed by atoms with Gasteiger partial charge in [0.2, 0.25) is 11.1 Å². The Morgan fingerprint density at radius 2 is 2.12 bits per heavy atom. The fraction of sp³-hybridized carbons (Fsp3) is 0.529. The summed E-state index contributed by atoms with van der Waals surface area (Å²) in [7, 11) is 0. The minimum Gasteiger partial charge on any atom is -0.352 e. The molecule has 1 heterocycles. The zero-order valence-corrected chi connectivity index (χ0v) is 14.9. The molecular formula is C17H23N5OS. The molecule has 1 N–H and O–H groups in total. The molecule has 24 heavy (non-hydrogen) atoms. The van der Waals surface area contributed by atoms with Crippen LogP contribution in [-0.2, 0) is 11.2 Å². The van der Waals surface area contributed by atoms with E-state index in [0.29, 0.717) is 11.2 Å². The quantitative estimate of drug-likeness (QED) is 0.745. The van der Waals surface area contributed by atoms with Crippen LogP contribution in [0.15, 0.2) is 29.4 Å². The van der Waals surface area contributed by atoms with Crippen molar-refractivity contribution in [1.82, 2.24) is 25.5 Å². The van der Waals surface area contributed by atoms with E-state index < -0.39 is 0 Å². The standard InChI is InChI=1S/C17H23N5OS/c1-3-4-5-13-6-10-15(11-7-13)22-17(19-20-21-22)24-12(2)16(23)18-14-8-9-14/h6-7,10-12,14H,3-5,8-9H2,1-2H3,(H,18,23)/t12-/m1/s1. The summed E-state index contributed by atoms with van der Waals surface area (Å²) in [5, 5.41) is 15.3. The Hall–Kier alpha value is -1.89. The molecule has 1 amide bonds. The molecule has 2 aromatic rings. The zero-order chi connectivity index (χ0) is 16.9. The molecule has 7 heteroatoms. The van der Waals surface area contributed by atoms with Crippen LogP contribution in [0.25, 0.3) is 5.69 Å². The normalized spacial score (nSPS) is 15.2. The molecule has 1 aromatic carbocycles. The molecule has 1 fully saturated rings. The van der Waals surface area contributed by atoms with Crippen molar-refractivity contribution in [3.8, 4) is 5.69 Å². The Bertz CT molecular complexity index is 681. The highest BCUT2D eigenvalue weighted by Crippen LogP contribution is 2.25. The first-order valence-electron chi connectivity index (χ1n) is 8.52. The smallest absolute Gasteiger partial charge is 0.233 e. The molecule has 1 aliphatic carbocycles. The second-order valence-corrected chi connectivity index (χ2v) is 7.49. The van der Waals surface area contributed by atoms with Gasteiger partial charge in [0, 0.05) is 6.04 Å². The maximum absolute atomic E-state index is 12.1. The van der Waals surface area contributed by atoms with Crippen LogP contribution < -0.4 is 5.32 Å².